The molecule has 0 saturated carbocycles. The fourth-order valence-electron chi connectivity index (χ4n) is 2.25. The Morgan fingerprint density at radius 1 is 1.24 bits per heavy atom. The molecule has 0 heterocycles. The molecule has 0 unspecified atom stereocenters. The summed E-state index contributed by atoms with van der Waals surface area (Å²) in [6, 6.07) is 8.47. The lowest BCUT2D eigenvalue weighted by Gasteiger charge is -2.28. The summed E-state index contributed by atoms with van der Waals surface area (Å²) >= 11 is 1.66. The van der Waals surface area contributed by atoms with E-state index in [4.69, 9.17) is 0 Å². The number of nitrogens with one attached hydrogen (secondary N) is 1. The van der Waals surface area contributed by atoms with Gasteiger partial charge in [-0.2, -0.15) is 0 Å². The predicted molar refractivity (Wildman–Crippen MR) is 92.7 cm³/mol. The molecule has 1 aromatic rings. The van der Waals surface area contributed by atoms with Crippen LogP contribution < -0.4 is 5.32 Å². The molecule has 1 aromatic carbocycles. The van der Waals surface area contributed by atoms with E-state index in [1.54, 1.807) is 11.8 Å². The Morgan fingerprint density at radius 3 is 2.43 bits per heavy atom. The smallest absolute Gasteiger partial charge is 0.230 e. The first kappa shape index (κ1) is 18.1. The largest absolute Gasteiger partial charge is 0.355 e. The molecule has 0 atom stereocenters. The van der Waals surface area contributed by atoms with Gasteiger partial charge < -0.3 is 10.2 Å². The average Bonchev–Trinajstić information content (AvgIpc) is 2.37. The molecule has 0 aliphatic carbocycles. The van der Waals surface area contributed by atoms with E-state index in [2.05, 4.69) is 69.3 Å². The Balaban J connectivity index is 2.23. The van der Waals surface area contributed by atoms with E-state index in [-0.39, 0.29) is 11.3 Å². The molecule has 0 radical (unpaired) electrons. The summed E-state index contributed by atoms with van der Waals surface area (Å²) in [7, 11) is 4.11. The van der Waals surface area contributed by atoms with Crippen molar-refractivity contribution in [1.82, 2.24) is 10.2 Å². The maximum absolute atomic E-state index is 11.9. The fraction of sp³-hybridized carbons (Fsp3) is 0.588. The van der Waals surface area contributed by atoms with Gasteiger partial charge in [-0.1, -0.05) is 43.7 Å². The molecule has 0 bridgehead atoms. The van der Waals surface area contributed by atoms with E-state index in [1.165, 1.54) is 11.1 Å². The summed E-state index contributed by atoms with van der Waals surface area (Å²) in [5.41, 5.74) is 2.64. The first-order chi connectivity index (χ1) is 9.78. The third kappa shape index (κ3) is 8.12. The molecule has 0 saturated heterocycles. The second-order valence-corrected chi connectivity index (χ2v) is 7.64. The highest BCUT2D eigenvalue weighted by Crippen LogP contribution is 2.15. The van der Waals surface area contributed by atoms with Gasteiger partial charge >= 0.3 is 0 Å². The SMILES string of the molecule is Cc1ccc(CSCC(=O)NCC(C)(C)CN(C)C)cc1. The molecule has 118 valence electrons. The van der Waals surface area contributed by atoms with Crippen LogP contribution >= 0.6 is 11.8 Å². The van der Waals surface area contributed by atoms with E-state index in [1.807, 2.05) is 0 Å². The van der Waals surface area contributed by atoms with Gasteiger partial charge in [0.25, 0.3) is 0 Å². The second kappa shape index (κ2) is 8.44. The number of carbonyl (C=O) groups is 1. The lowest BCUT2D eigenvalue weighted by Crippen LogP contribution is -2.40. The van der Waals surface area contributed by atoms with E-state index in [0.29, 0.717) is 5.75 Å². The van der Waals surface area contributed by atoms with Crippen LogP contribution in [0.25, 0.3) is 0 Å². The van der Waals surface area contributed by atoms with Gasteiger partial charge in [0.05, 0.1) is 5.75 Å². The van der Waals surface area contributed by atoms with Gasteiger partial charge in [-0.3, -0.25) is 4.79 Å². The Labute approximate surface area is 133 Å². The summed E-state index contributed by atoms with van der Waals surface area (Å²) < 4.78 is 0. The van der Waals surface area contributed by atoms with Crippen LogP contribution in [0, 0.1) is 12.3 Å². The number of aryl methyl sites for hydroxylation is 1. The van der Waals surface area contributed by atoms with E-state index in [9.17, 15) is 4.79 Å². The van der Waals surface area contributed by atoms with Crippen molar-refractivity contribution in [2.24, 2.45) is 5.41 Å². The summed E-state index contributed by atoms with van der Waals surface area (Å²) in [5.74, 6) is 1.53. The van der Waals surface area contributed by atoms with Crippen molar-refractivity contribution < 1.29 is 4.79 Å². The van der Waals surface area contributed by atoms with E-state index in [0.717, 1.165) is 18.8 Å². The Bertz CT molecular complexity index is 441. The molecule has 4 heteroatoms. The number of hydrogen-bond donors (Lipinski definition) is 1. The molecule has 21 heavy (non-hydrogen) atoms. The van der Waals surface area contributed by atoms with Crippen LogP contribution in [0.3, 0.4) is 0 Å². The normalized spacial score (nSPS) is 11.7. The number of thioether (sulfide) groups is 1. The highest BCUT2D eigenvalue weighted by Gasteiger charge is 2.19. The molecule has 0 aliphatic heterocycles. The minimum atomic E-state index is 0.0980. The molecule has 0 fully saturated rings. The number of benzene rings is 1. The van der Waals surface area contributed by atoms with Gasteiger partial charge in [0.2, 0.25) is 5.91 Å². The molecule has 3 nitrogen and oxygen atoms in total. The summed E-state index contributed by atoms with van der Waals surface area (Å²) in [6.07, 6.45) is 0. The lowest BCUT2D eigenvalue weighted by molar-refractivity contribution is -0.119. The van der Waals surface area contributed by atoms with Crippen LogP contribution in [0.4, 0.5) is 0 Å². The summed E-state index contributed by atoms with van der Waals surface area (Å²) in [5, 5.41) is 3.04. The van der Waals surface area contributed by atoms with Crippen LogP contribution in [0.5, 0.6) is 0 Å². The van der Waals surface area contributed by atoms with Crippen LogP contribution in [0.15, 0.2) is 24.3 Å². The van der Waals surface area contributed by atoms with Gasteiger partial charge in [0, 0.05) is 18.8 Å². The summed E-state index contributed by atoms with van der Waals surface area (Å²) in [4.78, 5) is 14.0. The maximum atomic E-state index is 11.9. The fourth-order valence-corrected chi connectivity index (χ4v) is 3.06. The van der Waals surface area contributed by atoms with Crippen molar-refractivity contribution in [2.45, 2.75) is 26.5 Å². The minimum absolute atomic E-state index is 0.0980. The lowest BCUT2D eigenvalue weighted by atomic mass is 9.93. The van der Waals surface area contributed by atoms with Gasteiger partial charge in [0.15, 0.2) is 0 Å². The first-order valence-corrected chi connectivity index (χ1v) is 8.49. The third-order valence-corrected chi connectivity index (χ3v) is 4.13. The third-order valence-electron chi connectivity index (χ3n) is 3.13. The molecular weight excluding hydrogens is 280 g/mol. The molecule has 0 aliphatic rings. The van der Waals surface area contributed by atoms with Gasteiger partial charge in [-0.25, -0.2) is 0 Å². The van der Waals surface area contributed by atoms with Gasteiger partial charge in [0.1, 0.15) is 0 Å². The topological polar surface area (TPSA) is 32.3 Å². The molecular formula is C17H28N2OS. The van der Waals surface area contributed by atoms with Crippen LogP contribution in [0.2, 0.25) is 0 Å². The second-order valence-electron chi connectivity index (χ2n) is 6.66. The number of rotatable bonds is 8. The van der Waals surface area contributed by atoms with Crippen molar-refractivity contribution in [2.75, 3.05) is 32.9 Å². The standard InChI is InChI=1S/C17H28N2OS/c1-14-6-8-15(9-7-14)10-21-11-16(20)18-12-17(2,3)13-19(4)5/h6-9H,10-13H2,1-5H3,(H,18,20). The first-order valence-electron chi connectivity index (χ1n) is 7.33. The number of carbonyl (C=O) groups excluding carboxylic acids is 1. The van der Waals surface area contributed by atoms with Crippen molar-refractivity contribution in [3.63, 3.8) is 0 Å². The Morgan fingerprint density at radius 2 is 1.86 bits per heavy atom. The van der Waals surface area contributed by atoms with Crippen molar-refractivity contribution in [1.29, 1.82) is 0 Å². The van der Waals surface area contributed by atoms with Gasteiger partial charge in [-0.05, 0) is 32.0 Å². The highest BCUT2D eigenvalue weighted by molar-refractivity contribution is 7.99. The Kier molecular flexibility index (Phi) is 7.26. The van der Waals surface area contributed by atoms with E-state index >= 15 is 0 Å². The number of nitrogens with zero attached hydrogens (tertiary/aromatic N) is 1. The zero-order valence-corrected chi connectivity index (χ0v) is 14.7. The quantitative estimate of drug-likeness (QED) is 0.801. The minimum Gasteiger partial charge on any atom is -0.355 e. The molecule has 0 aromatic heterocycles. The van der Waals surface area contributed by atoms with Crippen LogP contribution in [-0.4, -0.2) is 43.7 Å². The molecule has 0 spiro atoms. The monoisotopic (exact) mass is 308 g/mol. The van der Waals surface area contributed by atoms with Crippen molar-refractivity contribution >= 4 is 17.7 Å². The van der Waals surface area contributed by atoms with Crippen molar-refractivity contribution in [3.8, 4) is 0 Å². The zero-order chi connectivity index (χ0) is 15.9. The van der Waals surface area contributed by atoms with E-state index < -0.39 is 0 Å². The summed E-state index contributed by atoms with van der Waals surface area (Å²) in [6.45, 7) is 8.11. The molecule has 1 rings (SSSR count). The van der Waals surface area contributed by atoms with Crippen LogP contribution in [0.1, 0.15) is 25.0 Å². The maximum Gasteiger partial charge on any atom is 0.230 e. The number of amides is 1. The Hall–Kier alpha value is -1.00. The molecule has 1 amide bonds. The van der Waals surface area contributed by atoms with Crippen LogP contribution in [-0.2, 0) is 10.5 Å². The molecule has 1 N–H and O–H groups in total. The number of hydrogen-bond acceptors (Lipinski definition) is 3. The van der Waals surface area contributed by atoms with Crippen molar-refractivity contribution in [3.05, 3.63) is 35.4 Å². The van der Waals surface area contributed by atoms with Gasteiger partial charge in [-0.15, -0.1) is 11.8 Å². The average molecular weight is 308 g/mol. The zero-order valence-electron chi connectivity index (χ0n) is 13.9. The highest BCUT2D eigenvalue weighted by atomic mass is 32.2. The predicted octanol–water partition coefficient (Wildman–Crippen LogP) is 2.93.